The van der Waals surface area contributed by atoms with Crippen molar-refractivity contribution in [1.29, 1.82) is 0 Å². The van der Waals surface area contributed by atoms with Gasteiger partial charge < -0.3 is 105 Å². The summed E-state index contributed by atoms with van der Waals surface area (Å²) in [5.41, 5.74) is 50.9. The van der Waals surface area contributed by atoms with Crippen LogP contribution in [0, 0.1) is 11.8 Å². The molecule has 0 aromatic heterocycles. The van der Waals surface area contributed by atoms with Gasteiger partial charge in [-0.25, -0.2) is 9.93 Å². The highest BCUT2D eigenvalue weighted by Crippen LogP contribution is 2.36. The molecule has 0 radical (unpaired) electrons. The van der Waals surface area contributed by atoms with E-state index in [1.54, 1.807) is 42.5 Å². The second kappa shape index (κ2) is 53.2. The molecule has 132 heavy (non-hydrogen) atoms. The van der Waals surface area contributed by atoms with Crippen molar-refractivity contribution < 1.29 is 123 Å². The first kappa shape index (κ1) is 114. The van der Waals surface area contributed by atoms with Crippen molar-refractivity contribution in [1.82, 2.24) is 4.72 Å². The molecule has 0 aliphatic carbocycles. The van der Waals surface area contributed by atoms with Crippen LogP contribution in [0.25, 0.3) is 0 Å². The Morgan fingerprint density at radius 3 is 1.43 bits per heavy atom. The number of para-hydroxylation sites is 1. The van der Waals surface area contributed by atoms with E-state index in [-0.39, 0.29) is 94.0 Å². The van der Waals surface area contributed by atoms with E-state index in [4.69, 9.17) is 122 Å². The second-order valence-corrected chi connectivity index (χ2v) is 36.4. The summed E-state index contributed by atoms with van der Waals surface area (Å²) < 4.78 is 163. The van der Waals surface area contributed by atoms with Crippen LogP contribution in [0.1, 0.15) is 110 Å². The van der Waals surface area contributed by atoms with Crippen molar-refractivity contribution >= 4 is 174 Å². The fourth-order valence-electron chi connectivity index (χ4n) is 14.5. The minimum atomic E-state index is -4.67. The quantitative estimate of drug-likeness (QED) is 0.0204. The van der Waals surface area contributed by atoms with Crippen LogP contribution in [0.4, 0.5) is 79.6 Å². The van der Waals surface area contributed by atoms with Crippen molar-refractivity contribution in [3.8, 4) is 17.2 Å². The zero-order chi connectivity index (χ0) is 96.6. The number of ketones is 1. The number of nitrogens with zero attached hydrogens (tertiary/aromatic N) is 6. The third-order valence-electron chi connectivity index (χ3n) is 20.8. The maximum absolute atomic E-state index is 11.4. The average molecular weight is 2000 g/mol. The van der Waals surface area contributed by atoms with Crippen LogP contribution in [0.15, 0.2) is 175 Å². The molecule has 0 saturated carbocycles. The van der Waals surface area contributed by atoms with E-state index in [1.165, 1.54) is 44.5 Å². The minimum Gasteiger partial charge on any atom is -0.491 e. The second-order valence-electron chi connectivity index (χ2n) is 31.0. The number of carboxylic acid groups (broad SMARTS) is 1. The fourth-order valence-corrected chi connectivity index (χ4v) is 15.8. The van der Waals surface area contributed by atoms with Crippen LogP contribution in [-0.2, 0) is 56.3 Å². The van der Waals surface area contributed by atoms with E-state index >= 15 is 0 Å². The Morgan fingerprint density at radius 1 is 0.455 bits per heavy atom. The number of aliphatic hydroxyl groups excluding tert-OH is 3. The lowest BCUT2D eigenvalue weighted by Crippen LogP contribution is -2.43. The number of anilines is 14. The van der Waals surface area contributed by atoms with Gasteiger partial charge in [-0.1, -0.05) is 25.1 Å². The zero-order valence-electron chi connectivity index (χ0n) is 72.6. The van der Waals surface area contributed by atoms with E-state index in [0.717, 1.165) is 149 Å². The van der Waals surface area contributed by atoms with Crippen LogP contribution in [-0.4, -0.2) is 222 Å². The minimum absolute atomic E-state index is 0. The number of nitrogens with two attached hydrogens (primary N) is 8. The smallest absolute Gasteiger partial charge is 0.394 e. The molecule has 5 unspecified atom stereocenters. The Labute approximate surface area is 785 Å². The van der Waals surface area contributed by atoms with Gasteiger partial charge in [0.15, 0.2) is 11.5 Å². The molecule has 42 nitrogen and oxygen atoms in total. The molecule has 8 aromatic carbocycles. The van der Waals surface area contributed by atoms with Gasteiger partial charge in [0.05, 0.1) is 53.1 Å². The zero-order valence-corrected chi connectivity index (χ0v) is 78.3. The van der Waals surface area contributed by atoms with Gasteiger partial charge in [0, 0.05) is 164 Å². The predicted molar refractivity (Wildman–Crippen MR) is 523 cm³/mol. The summed E-state index contributed by atoms with van der Waals surface area (Å²) in [7, 11) is -21.9. The van der Waals surface area contributed by atoms with E-state index in [1.807, 2.05) is 108 Å². The number of rotatable bonds is 19. The Balaban J connectivity index is 0.000000782. The van der Waals surface area contributed by atoms with Crippen molar-refractivity contribution in [3.63, 3.8) is 0 Å². The van der Waals surface area contributed by atoms with E-state index in [9.17, 15) is 41.4 Å². The summed E-state index contributed by atoms with van der Waals surface area (Å²) in [4.78, 5) is 46.3. The maximum atomic E-state index is 11.4. The third-order valence-corrected chi connectivity index (χ3v) is 22.4. The van der Waals surface area contributed by atoms with Gasteiger partial charge >= 0.3 is 37.2 Å². The fraction of sp³-hybridized carbons (Fsp3) is 0.386. The van der Waals surface area contributed by atoms with E-state index < -0.39 is 57.5 Å². The summed E-state index contributed by atoms with van der Waals surface area (Å²) in [6.07, 6.45) is 9.72. The number of carbonyl (C=O) groups excluding carboxylic acids is 2. The van der Waals surface area contributed by atoms with Crippen LogP contribution in [0.3, 0.4) is 0 Å². The molecule has 0 bridgehead atoms. The van der Waals surface area contributed by atoms with Crippen LogP contribution in [0.5, 0.6) is 17.2 Å². The molecule has 6 fully saturated rings. The first-order chi connectivity index (χ1) is 60.8. The Hall–Kier alpha value is -10.8. The molecule has 1 amide bonds. The Bertz CT molecular complexity index is 5550. The van der Waals surface area contributed by atoms with Gasteiger partial charge in [0.2, 0.25) is 5.91 Å². The molecule has 6 heterocycles. The number of hydrogen-bond acceptors (Lipinski definition) is 31. The molecule has 738 valence electrons. The number of aromatic carboxylic acids is 1. The highest BCUT2D eigenvalue weighted by Gasteiger charge is 2.30. The number of Topliss-reactive ketones (excluding diaryl/α,β-unsaturated/α-hetero) is 1. The number of amides is 1. The summed E-state index contributed by atoms with van der Waals surface area (Å²) in [6.45, 7) is 14.5. The molecule has 5 atom stereocenters. The highest BCUT2D eigenvalue weighted by molar-refractivity contribution is 7.87. The van der Waals surface area contributed by atoms with Gasteiger partial charge in [-0.2, -0.15) is 46.8 Å². The van der Waals surface area contributed by atoms with Crippen LogP contribution >= 0.6 is 24.8 Å². The lowest BCUT2D eigenvalue weighted by Gasteiger charge is -2.37. The number of benzene rings is 8. The molecular weight excluding hydrogens is 1870 g/mol. The number of nitrogens with one attached hydrogen (secondary N) is 2. The third kappa shape index (κ3) is 41.6. The van der Waals surface area contributed by atoms with Gasteiger partial charge in [-0.15, -0.1) is 24.8 Å². The van der Waals surface area contributed by atoms with Crippen molar-refractivity contribution in [2.45, 2.75) is 114 Å². The molecule has 49 heteroatoms. The topological polar surface area (TPSA) is 715 Å². The molecule has 0 spiro atoms. The molecular formula is C83H126Cl2N16O26S5. The van der Waals surface area contributed by atoms with Crippen LogP contribution in [0.2, 0.25) is 0 Å². The lowest BCUT2D eigenvalue weighted by molar-refractivity contribution is -0.114. The number of nitrogen functional groups attached to an aromatic ring is 7. The molecule has 6 aliphatic rings. The molecule has 29 N–H and O–H groups in total. The number of aliphatic hydroxyl groups is 3. The lowest BCUT2D eigenvalue weighted by atomic mass is 10.0. The Kier molecular flexibility index (Phi) is 45.8. The summed E-state index contributed by atoms with van der Waals surface area (Å²) in [6, 6.07) is 51.8. The van der Waals surface area contributed by atoms with Gasteiger partial charge in [-0.3, -0.25) is 41.5 Å². The number of carboxylic acids is 1. The summed E-state index contributed by atoms with van der Waals surface area (Å²) >= 11 is 0. The SMILES string of the molecule is CC(=O)Nc1cc(N2CCC(CO)C2)ccc1N.CC(=O)c1cc(N2CCC(O)CC2)ccc1N.CC1CCN(c2ccc(N)c(S(=O)(=O)O)c2)C1.Cl.Cl.Nc1ccc(N2CCC(NS(N)(=O)=O)C2)cc1Oc1ccccc1.Nc1ccc(N2CCCC2CO)cc1C(=O)O.Nc1ccc(OCC2CCCCN2c2ccc(N)cc2)cc1.O=S(=O)(O)O.O=S(=O)(O)O.O=S(=O)(O)O.[HH].[HH].[HH]. The van der Waals surface area contributed by atoms with Gasteiger partial charge in [-0.05, 0) is 223 Å². The number of hydrogen-bond donors (Lipinski definition) is 21. The monoisotopic (exact) mass is 1990 g/mol. The standard InChI is InChI=1S/C18H23N3O.C16H20N4O3S.C13H19N3O2.C13H18N2O2.C12H16N2O3.C11H16N2O3S.2ClH.3H2O4S.3H2/c19-14-4-8-16(9-5-14)21-12-2-1-3-17(21)13-22-18-10-6-15(20)7-11-18;17-15-7-6-13(10-16(15)23-14-4-2-1-3-5-14)20-9-8-12(11-20)19-24(18,21)22;1-9(18)15-13-6-11(2-3-12(13)14)16-5-4-10(7-16)8-17;1-9(16)12-8-10(2-3-13(12)14)15-6-4-11(17)5-7-15;13-11-4-3-8(6-10(11)12(16)17)14-5-1-2-9(14)7-15;1-8-4-5-13(7-8)9-2-3-10(12)11(6-9)17(14,15)16;;;3*1-5(2,3)4;;;/h4-11,17H,1-3,12-13,19-20H2;1-7,10,12,19H,8-9,11,17H2,(H2,18,21,22);2-3,6,10,17H,4-5,7-8,14H2,1H3,(H,15,18);2-3,8,11,17H,4-7,14H2,1H3;3-4,6,9,15H,1-2,5,7,13H2,(H,16,17);2-3,6,8H,4-5,7,12H2,1H3,(H,14,15,16);2*1H;3*(H2,1,2,3,4);3*1H. The first-order valence-electron chi connectivity index (χ1n) is 40.7. The molecule has 6 saturated heterocycles. The first-order valence-corrected chi connectivity index (χ1v) is 47.9. The van der Waals surface area contributed by atoms with Crippen molar-refractivity contribution in [3.05, 3.63) is 181 Å². The molecule has 6 aliphatic heterocycles. The van der Waals surface area contributed by atoms with Crippen molar-refractivity contribution in [2.24, 2.45) is 17.0 Å². The maximum Gasteiger partial charge on any atom is 0.394 e. The number of piperidine rings is 2. The van der Waals surface area contributed by atoms with Crippen LogP contribution < -0.4 is 94.2 Å². The average Bonchev–Trinajstić information content (AvgIpc) is 1.81. The van der Waals surface area contributed by atoms with Gasteiger partial charge in [0.25, 0.3) is 20.3 Å². The number of ether oxygens (including phenoxy) is 2. The molecule has 8 aromatic rings. The summed E-state index contributed by atoms with van der Waals surface area (Å²) in [5, 5.41) is 44.6. The largest absolute Gasteiger partial charge is 0.491 e. The summed E-state index contributed by atoms with van der Waals surface area (Å²) in [5.74, 6) is 1.92. The van der Waals surface area contributed by atoms with E-state index in [2.05, 4.69) is 53.6 Å². The Morgan fingerprint density at radius 2 is 0.909 bits per heavy atom. The normalized spacial score (nSPS) is 17.6. The van der Waals surface area contributed by atoms with E-state index in [0.29, 0.717) is 77.3 Å². The van der Waals surface area contributed by atoms with Crippen molar-refractivity contribution in [2.75, 3.05) is 160 Å². The van der Waals surface area contributed by atoms with Gasteiger partial charge in [0.1, 0.15) is 23.0 Å². The number of halogens is 2. The molecule has 14 rings (SSSR count). The highest BCUT2D eigenvalue weighted by atomic mass is 35.5. The predicted octanol–water partition coefficient (Wildman–Crippen LogP) is 9.11. The number of carbonyl (C=O) groups is 3.